The maximum Gasteiger partial charge on any atom is 0.331 e. The van der Waals surface area contributed by atoms with Crippen molar-refractivity contribution < 1.29 is 5.11 Å². The predicted octanol–water partition coefficient (Wildman–Crippen LogP) is 2.25. The molecule has 1 aromatic heterocycles. The van der Waals surface area contributed by atoms with Crippen LogP contribution in [0.25, 0.3) is 11.1 Å². The fourth-order valence-corrected chi connectivity index (χ4v) is 2.13. The summed E-state index contributed by atoms with van der Waals surface area (Å²) in [7, 11) is 0. The van der Waals surface area contributed by atoms with Gasteiger partial charge in [-0.25, -0.2) is 4.79 Å². The Bertz CT molecular complexity index is 744. The van der Waals surface area contributed by atoms with Crippen LogP contribution >= 0.6 is 15.9 Å². The van der Waals surface area contributed by atoms with Gasteiger partial charge in [0.25, 0.3) is 5.56 Å². The van der Waals surface area contributed by atoms with Crippen molar-refractivity contribution in [2.75, 3.05) is 0 Å². The van der Waals surface area contributed by atoms with E-state index < -0.39 is 11.2 Å². The fourth-order valence-electron chi connectivity index (χ4n) is 1.86. The smallest absolute Gasteiger partial charge is 0.331 e. The van der Waals surface area contributed by atoms with E-state index in [9.17, 15) is 14.7 Å². The van der Waals surface area contributed by atoms with E-state index in [0.29, 0.717) is 12.0 Å². The predicted molar refractivity (Wildman–Crippen MR) is 80.9 cm³/mol. The second kappa shape index (κ2) is 5.92. The Balaban J connectivity index is 2.64. The Morgan fingerprint density at radius 1 is 1.30 bits per heavy atom. The van der Waals surface area contributed by atoms with Crippen LogP contribution in [-0.4, -0.2) is 14.7 Å². The maximum atomic E-state index is 11.9. The Labute approximate surface area is 123 Å². The summed E-state index contributed by atoms with van der Waals surface area (Å²) in [6.07, 6.45) is 2.15. The van der Waals surface area contributed by atoms with Crippen LogP contribution in [0.5, 0.6) is 5.88 Å². The van der Waals surface area contributed by atoms with Gasteiger partial charge < -0.3 is 5.11 Å². The van der Waals surface area contributed by atoms with Gasteiger partial charge in [0.05, 0.1) is 0 Å². The lowest BCUT2D eigenvalue weighted by molar-refractivity contribution is 0.404. The Morgan fingerprint density at radius 2 is 1.95 bits per heavy atom. The number of rotatable bonds is 4. The summed E-state index contributed by atoms with van der Waals surface area (Å²) in [5.41, 5.74) is -0.611. The third-order valence-corrected chi connectivity index (χ3v) is 3.39. The molecule has 0 atom stereocenters. The summed E-state index contributed by atoms with van der Waals surface area (Å²) in [6.45, 7) is 3.83. The maximum absolute atomic E-state index is 11.9. The van der Waals surface area contributed by atoms with Crippen molar-refractivity contribution in [2.24, 2.45) is 0 Å². The second-order valence-corrected chi connectivity index (χ2v) is 5.11. The lowest BCUT2D eigenvalue weighted by Crippen LogP contribution is -2.31. The minimum absolute atomic E-state index is 0.0844. The van der Waals surface area contributed by atoms with Crippen LogP contribution in [0.4, 0.5) is 0 Å². The van der Waals surface area contributed by atoms with E-state index in [0.717, 1.165) is 9.04 Å². The van der Waals surface area contributed by atoms with E-state index in [-0.39, 0.29) is 18.0 Å². The molecular formula is C14H13BrN2O3. The highest BCUT2D eigenvalue weighted by Crippen LogP contribution is 2.25. The van der Waals surface area contributed by atoms with Crippen molar-refractivity contribution in [3.8, 4) is 17.0 Å². The summed E-state index contributed by atoms with van der Waals surface area (Å²) in [5, 5.41) is 10.2. The highest BCUT2D eigenvalue weighted by molar-refractivity contribution is 9.10. The van der Waals surface area contributed by atoms with Gasteiger partial charge in [0.2, 0.25) is 5.88 Å². The molecule has 0 unspecified atom stereocenters. The van der Waals surface area contributed by atoms with Gasteiger partial charge in [-0.3, -0.25) is 14.3 Å². The van der Waals surface area contributed by atoms with Gasteiger partial charge in [0.1, 0.15) is 5.56 Å². The Kier molecular flexibility index (Phi) is 4.24. The number of benzene rings is 1. The zero-order valence-electron chi connectivity index (χ0n) is 10.6. The molecule has 0 bridgehead atoms. The van der Waals surface area contributed by atoms with Crippen LogP contribution in [0.2, 0.25) is 0 Å². The SMILES string of the molecule is C=CCCn1c(O)c(-c2ccc(Br)cc2)c(=O)[nH]c1=O. The molecule has 0 aliphatic heterocycles. The van der Waals surface area contributed by atoms with Crippen molar-refractivity contribution in [3.63, 3.8) is 0 Å². The monoisotopic (exact) mass is 336 g/mol. The molecule has 2 N–H and O–H groups in total. The summed E-state index contributed by atoms with van der Waals surface area (Å²) < 4.78 is 1.98. The van der Waals surface area contributed by atoms with Crippen molar-refractivity contribution in [2.45, 2.75) is 13.0 Å². The van der Waals surface area contributed by atoms with E-state index in [2.05, 4.69) is 27.5 Å². The quantitative estimate of drug-likeness (QED) is 0.841. The third-order valence-electron chi connectivity index (χ3n) is 2.86. The van der Waals surface area contributed by atoms with Gasteiger partial charge in [-0.05, 0) is 24.1 Å². The molecule has 0 spiro atoms. The van der Waals surface area contributed by atoms with Crippen molar-refractivity contribution in [1.82, 2.24) is 9.55 Å². The first-order valence-corrected chi connectivity index (χ1v) is 6.77. The van der Waals surface area contributed by atoms with Crippen LogP contribution in [0, 0.1) is 0 Å². The first kappa shape index (κ1) is 14.3. The molecule has 0 fully saturated rings. The summed E-state index contributed by atoms with van der Waals surface area (Å²) >= 11 is 3.30. The molecule has 0 aliphatic carbocycles. The van der Waals surface area contributed by atoms with E-state index in [4.69, 9.17) is 0 Å². The highest BCUT2D eigenvalue weighted by atomic mass is 79.9. The molecule has 0 radical (unpaired) electrons. The van der Waals surface area contributed by atoms with Gasteiger partial charge >= 0.3 is 5.69 Å². The lowest BCUT2D eigenvalue weighted by atomic mass is 10.1. The van der Waals surface area contributed by atoms with E-state index in [1.165, 1.54) is 0 Å². The number of allylic oxidation sites excluding steroid dienone is 1. The molecule has 2 aromatic rings. The zero-order chi connectivity index (χ0) is 14.7. The number of hydrogen-bond acceptors (Lipinski definition) is 3. The average Bonchev–Trinajstić information content (AvgIpc) is 2.40. The van der Waals surface area contributed by atoms with E-state index >= 15 is 0 Å². The number of aromatic hydroxyl groups is 1. The molecule has 5 nitrogen and oxygen atoms in total. The first-order valence-electron chi connectivity index (χ1n) is 5.97. The molecule has 104 valence electrons. The minimum Gasteiger partial charge on any atom is -0.494 e. The number of H-pyrrole nitrogens is 1. The normalized spacial score (nSPS) is 10.4. The molecular weight excluding hydrogens is 324 g/mol. The first-order chi connectivity index (χ1) is 9.54. The van der Waals surface area contributed by atoms with Crippen molar-refractivity contribution >= 4 is 15.9 Å². The summed E-state index contributed by atoms with van der Waals surface area (Å²) in [6, 6.07) is 6.90. The van der Waals surface area contributed by atoms with Crippen LogP contribution in [0.3, 0.4) is 0 Å². The Hall–Kier alpha value is -2.08. The van der Waals surface area contributed by atoms with Gasteiger partial charge in [-0.2, -0.15) is 0 Å². The standard InChI is InChI=1S/C14H13BrN2O3/c1-2-3-8-17-13(19)11(12(18)16-14(17)20)9-4-6-10(15)7-5-9/h2,4-7,19H,1,3,8H2,(H,16,18,20). The number of aromatic nitrogens is 2. The lowest BCUT2D eigenvalue weighted by Gasteiger charge is -2.10. The fraction of sp³-hybridized carbons (Fsp3) is 0.143. The van der Waals surface area contributed by atoms with Gasteiger partial charge in [0.15, 0.2) is 0 Å². The molecule has 2 rings (SSSR count). The molecule has 20 heavy (non-hydrogen) atoms. The molecule has 0 aliphatic rings. The molecule has 0 saturated heterocycles. The van der Waals surface area contributed by atoms with Crippen LogP contribution in [-0.2, 0) is 6.54 Å². The molecule has 6 heteroatoms. The van der Waals surface area contributed by atoms with Crippen molar-refractivity contribution in [3.05, 3.63) is 62.2 Å². The summed E-state index contributed by atoms with van der Waals surface area (Å²) in [5.74, 6) is -0.331. The van der Waals surface area contributed by atoms with E-state index in [1.807, 2.05) is 0 Å². The zero-order valence-corrected chi connectivity index (χ0v) is 12.2. The largest absolute Gasteiger partial charge is 0.494 e. The number of hydrogen-bond donors (Lipinski definition) is 2. The van der Waals surface area contributed by atoms with Crippen LogP contribution < -0.4 is 11.2 Å². The summed E-state index contributed by atoms with van der Waals surface area (Å²) in [4.78, 5) is 25.8. The second-order valence-electron chi connectivity index (χ2n) is 4.19. The van der Waals surface area contributed by atoms with Crippen molar-refractivity contribution in [1.29, 1.82) is 0 Å². The average molecular weight is 337 g/mol. The number of aromatic amines is 1. The molecule has 0 amide bonds. The van der Waals surface area contributed by atoms with Gasteiger partial charge in [-0.15, -0.1) is 6.58 Å². The third kappa shape index (κ3) is 2.75. The number of nitrogens with zero attached hydrogens (tertiary/aromatic N) is 1. The highest BCUT2D eigenvalue weighted by Gasteiger charge is 2.15. The topological polar surface area (TPSA) is 75.1 Å². The number of halogens is 1. The van der Waals surface area contributed by atoms with E-state index in [1.54, 1.807) is 30.3 Å². The Morgan fingerprint density at radius 3 is 2.55 bits per heavy atom. The number of nitrogens with one attached hydrogen (secondary N) is 1. The molecule has 1 heterocycles. The molecule has 1 aromatic carbocycles. The van der Waals surface area contributed by atoms with Gasteiger partial charge in [-0.1, -0.05) is 34.1 Å². The molecule has 0 saturated carbocycles. The van der Waals surface area contributed by atoms with Crippen LogP contribution in [0.1, 0.15) is 6.42 Å². The minimum atomic E-state index is -0.629. The van der Waals surface area contributed by atoms with Gasteiger partial charge in [0, 0.05) is 11.0 Å². The van der Waals surface area contributed by atoms with Crippen LogP contribution in [0.15, 0.2) is 51.0 Å².